The highest BCUT2D eigenvalue weighted by Gasteiger charge is 2.25. The molecule has 0 aliphatic heterocycles. The van der Waals surface area contributed by atoms with Gasteiger partial charge in [-0.15, -0.1) is 0 Å². The van der Waals surface area contributed by atoms with E-state index >= 15 is 0 Å². The van der Waals surface area contributed by atoms with Gasteiger partial charge in [0, 0.05) is 36.5 Å². The zero-order valence-electron chi connectivity index (χ0n) is 17.5. The summed E-state index contributed by atoms with van der Waals surface area (Å²) in [6.07, 6.45) is 5.73. The molecule has 7 nitrogen and oxygen atoms in total. The number of aromatic hydroxyl groups is 1. The van der Waals surface area contributed by atoms with Crippen molar-refractivity contribution in [3.8, 4) is 11.9 Å². The summed E-state index contributed by atoms with van der Waals surface area (Å²) in [5.74, 6) is -0.547. The number of aryl methyl sites for hydroxylation is 1. The number of hydrogen-bond donors (Lipinski definition) is 3. The van der Waals surface area contributed by atoms with Crippen LogP contribution in [0.5, 0.6) is 5.75 Å². The molecule has 0 aliphatic carbocycles. The van der Waals surface area contributed by atoms with E-state index < -0.39 is 11.9 Å². The van der Waals surface area contributed by atoms with Crippen molar-refractivity contribution in [1.82, 2.24) is 15.2 Å². The first kappa shape index (κ1) is 21.9. The van der Waals surface area contributed by atoms with E-state index in [1.165, 1.54) is 12.1 Å². The largest absolute Gasteiger partial charge is 0.508 e. The Morgan fingerprint density at radius 1 is 1.19 bits per heavy atom. The third-order valence-electron chi connectivity index (χ3n) is 5.24. The normalized spacial score (nSPS) is 11.6. The summed E-state index contributed by atoms with van der Waals surface area (Å²) in [7, 11) is 0. The lowest BCUT2D eigenvalue weighted by molar-refractivity contribution is -0.133. The molecule has 3 aromatic rings. The summed E-state index contributed by atoms with van der Waals surface area (Å²) >= 11 is 0. The Morgan fingerprint density at radius 3 is 2.65 bits per heavy atom. The molecule has 31 heavy (non-hydrogen) atoms. The summed E-state index contributed by atoms with van der Waals surface area (Å²) in [5, 5.41) is 22.6. The molecule has 1 unspecified atom stereocenters. The van der Waals surface area contributed by atoms with Crippen molar-refractivity contribution < 1.29 is 14.7 Å². The predicted octanol–water partition coefficient (Wildman–Crippen LogP) is 3.25. The summed E-state index contributed by atoms with van der Waals surface area (Å²) < 4.78 is 0. The van der Waals surface area contributed by atoms with Crippen LogP contribution in [0.15, 0.2) is 54.7 Å². The molecule has 1 heterocycles. The summed E-state index contributed by atoms with van der Waals surface area (Å²) in [6, 6.07) is 13.6. The molecular formula is C24H26N4O3. The number of fused-ring (bicyclic) bond motifs is 1. The number of H-pyrrole nitrogens is 1. The number of rotatable bonds is 9. The summed E-state index contributed by atoms with van der Waals surface area (Å²) in [4.78, 5) is 29.6. The maximum Gasteiger partial charge on any atom is 0.258 e. The van der Waals surface area contributed by atoms with Crippen LogP contribution in [0.3, 0.4) is 0 Å². The smallest absolute Gasteiger partial charge is 0.258 e. The van der Waals surface area contributed by atoms with Gasteiger partial charge in [0.25, 0.3) is 5.91 Å². The maximum absolute atomic E-state index is 12.8. The Hall–Kier alpha value is -3.79. The first-order valence-electron chi connectivity index (χ1n) is 10.3. The molecule has 2 aromatic carbocycles. The number of nitrogens with zero attached hydrogens (tertiary/aromatic N) is 2. The van der Waals surface area contributed by atoms with E-state index in [4.69, 9.17) is 0 Å². The van der Waals surface area contributed by atoms with Crippen LogP contribution in [-0.2, 0) is 22.4 Å². The standard InChI is InChI=1S/C24H26N4O3/c1-2-28(16-25)24(31)22(14-17-10-12-19(29)13-11-17)27-23(30)9-5-6-18-15-26-21-8-4-3-7-20(18)21/h3-4,7-8,10-13,15,22,26,29H,2,5-6,9,14H2,1H3,(H,27,30). The number of amides is 2. The second-order valence-electron chi connectivity index (χ2n) is 7.39. The van der Waals surface area contributed by atoms with Crippen LogP contribution < -0.4 is 5.32 Å². The number of hydrogen-bond acceptors (Lipinski definition) is 4. The van der Waals surface area contributed by atoms with Crippen LogP contribution in [-0.4, -0.2) is 39.4 Å². The van der Waals surface area contributed by atoms with Crippen LogP contribution in [0.4, 0.5) is 0 Å². The predicted molar refractivity (Wildman–Crippen MR) is 118 cm³/mol. The van der Waals surface area contributed by atoms with E-state index in [-0.39, 0.29) is 31.0 Å². The molecule has 0 fully saturated rings. The number of carbonyl (C=O) groups is 2. The van der Waals surface area contributed by atoms with E-state index in [0.29, 0.717) is 6.42 Å². The maximum atomic E-state index is 12.8. The molecule has 0 saturated carbocycles. The second-order valence-corrected chi connectivity index (χ2v) is 7.39. The lowest BCUT2D eigenvalue weighted by Crippen LogP contribution is -2.48. The van der Waals surface area contributed by atoms with Crippen LogP contribution in [0, 0.1) is 11.5 Å². The van der Waals surface area contributed by atoms with E-state index in [0.717, 1.165) is 33.4 Å². The number of likely N-dealkylation sites (N-methyl/N-ethyl adjacent to an activating group) is 1. The average molecular weight is 418 g/mol. The van der Waals surface area contributed by atoms with Gasteiger partial charge in [0.2, 0.25) is 5.91 Å². The van der Waals surface area contributed by atoms with Gasteiger partial charge < -0.3 is 15.4 Å². The van der Waals surface area contributed by atoms with E-state index in [1.807, 2.05) is 30.6 Å². The fourth-order valence-electron chi connectivity index (χ4n) is 3.58. The van der Waals surface area contributed by atoms with Crippen LogP contribution >= 0.6 is 0 Å². The van der Waals surface area contributed by atoms with Gasteiger partial charge in [-0.05, 0) is 49.1 Å². The zero-order chi connectivity index (χ0) is 22.2. The molecular weight excluding hydrogens is 392 g/mol. The van der Waals surface area contributed by atoms with E-state index in [9.17, 15) is 20.0 Å². The fourth-order valence-corrected chi connectivity index (χ4v) is 3.58. The molecule has 160 valence electrons. The van der Waals surface area contributed by atoms with Crippen LogP contribution in [0.2, 0.25) is 0 Å². The number of benzene rings is 2. The van der Waals surface area contributed by atoms with Crippen molar-refractivity contribution in [3.63, 3.8) is 0 Å². The zero-order valence-corrected chi connectivity index (χ0v) is 17.5. The quantitative estimate of drug-likeness (QED) is 0.366. The molecule has 1 aromatic heterocycles. The Labute approximate surface area is 181 Å². The molecule has 0 saturated heterocycles. The third-order valence-corrected chi connectivity index (χ3v) is 5.24. The van der Waals surface area contributed by atoms with Gasteiger partial charge >= 0.3 is 0 Å². The highest BCUT2D eigenvalue weighted by atomic mass is 16.3. The topological polar surface area (TPSA) is 109 Å². The average Bonchev–Trinajstić information content (AvgIpc) is 3.19. The van der Waals surface area contributed by atoms with Gasteiger partial charge in [-0.3, -0.25) is 9.59 Å². The fraction of sp³-hybridized carbons (Fsp3) is 0.292. The SMILES string of the molecule is CCN(C#N)C(=O)C(Cc1ccc(O)cc1)NC(=O)CCCc1c[nH]c2ccccc12. The van der Waals surface area contributed by atoms with Crippen molar-refractivity contribution >= 4 is 22.7 Å². The Kier molecular flexibility index (Phi) is 7.28. The van der Waals surface area contributed by atoms with Gasteiger partial charge in [-0.1, -0.05) is 30.3 Å². The van der Waals surface area contributed by atoms with Gasteiger partial charge in [-0.2, -0.15) is 5.26 Å². The molecule has 0 aliphatic rings. The van der Waals surface area contributed by atoms with Crippen molar-refractivity contribution in [1.29, 1.82) is 5.26 Å². The van der Waals surface area contributed by atoms with Gasteiger partial charge in [0.15, 0.2) is 6.19 Å². The number of para-hydroxylation sites is 1. The van der Waals surface area contributed by atoms with Gasteiger partial charge in [0.05, 0.1) is 0 Å². The van der Waals surface area contributed by atoms with Gasteiger partial charge in [0.1, 0.15) is 11.8 Å². The highest BCUT2D eigenvalue weighted by Crippen LogP contribution is 2.19. The number of nitriles is 1. The minimum Gasteiger partial charge on any atom is -0.508 e. The summed E-state index contributed by atoms with van der Waals surface area (Å²) in [5.41, 5.74) is 3.00. The Bertz CT molecular complexity index is 1080. The molecule has 0 bridgehead atoms. The van der Waals surface area contributed by atoms with Crippen LogP contribution in [0.25, 0.3) is 10.9 Å². The highest BCUT2D eigenvalue weighted by molar-refractivity contribution is 5.89. The van der Waals surface area contributed by atoms with Crippen LogP contribution in [0.1, 0.15) is 30.9 Å². The monoisotopic (exact) mass is 418 g/mol. The minimum atomic E-state index is -0.843. The molecule has 0 radical (unpaired) electrons. The molecule has 3 rings (SSSR count). The minimum absolute atomic E-state index is 0.125. The number of carbonyl (C=O) groups excluding carboxylic acids is 2. The van der Waals surface area contributed by atoms with Gasteiger partial charge in [-0.25, -0.2) is 4.90 Å². The molecule has 7 heteroatoms. The Morgan fingerprint density at radius 2 is 1.94 bits per heavy atom. The van der Waals surface area contributed by atoms with E-state index in [2.05, 4.69) is 16.4 Å². The molecule has 1 atom stereocenters. The summed E-state index contributed by atoms with van der Waals surface area (Å²) in [6.45, 7) is 1.94. The number of phenolic OH excluding ortho intramolecular Hbond substituents is 1. The first-order chi connectivity index (χ1) is 15.0. The van der Waals surface area contributed by atoms with Crippen molar-refractivity contribution in [2.24, 2.45) is 0 Å². The lowest BCUT2D eigenvalue weighted by atomic mass is 10.0. The first-order valence-corrected chi connectivity index (χ1v) is 10.3. The number of nitrogens with one attached hydrogen (secondary N) is 2. The Balaban J connectivity index is 1.62. The number of aromatic nitrogens is 1. The van der Waals surface area contributed by atoms with Crippen molar-refractivity contribution in [3.05, 3.63) is 65.9 Å². The van der Waals surface area contributed by atoms with E-state index in [1.54, 1.807) is 19.1 Å². The lowest BCUT2D eigenvalue weighted by Gasteiger charge is -2.22. The van der Waals surface area contributed by atoms with Crippen molar-refractivity contribution in [2.45, 2.75) is 38.6 Å². The van der Waals surface area contributed by atoms with Crippen molar-refractivity contribution in [2.75, 3.05) is 6.54 Å². The second kappa shape index (κ2) is 10.3. The molecule has 0 spiro atoms. The third kappa shape index (κ3) is 5.64. The number of aromatic amines is 1. The molecule has 3 N–H and O–H groups in total. The number of phenols is 1. The molecule has 2 amide bonds.